The number of ether oxygens (including phenoxy) is 8. The molecule has 47 heavy (non-hydrogen) atoms. The van der Waals surface area contributed by atoms with Gasteiger partial charge in [0.05, 0.1) is 40.9 Å². The van der Waals surface area contributed by atoms with E-state index in [1.54, 1.807) is 54.5 Å². The molecule has 2 aliphatic carbocycles. The monoisotopic (exact) mass is 707 g/mol. The zero-order valence-electron chi connectivity index (χ0n) is 26.9. The predicted molar refractivity (Wildman–Crippen MR) is 161 cm³/mol. The van der Waals surface area contributed by atoms with Crippen molar-refractivity contribution in [3.05, 3.63) is 33.8 Å². The van der Waals surface area contributed by atoms with Crippen LogP contribution in [0.25, 0.3) is 0 Å². The van der Waals surface area contributed by atoms with E-state index in [1.807, 2.05) is 0 Å². The third kappa shape index (κ3) is 9.75. The molecular weight excluding hydrogens is 669 g/mol. The van der Waals surface area contributed by atoms with Crippen molar-refractivity contribution in [3.8, 4) is 0 Å². The van der Waals surface area contributed by atoms with Crippen molar-refractivity contribution in [3.63, 3.8) is 0 Å². The Kier molecular flexibility index (Phi) is 12.6. The predicted octanol–water partition coefficient (Wildman–Crippen LogP) is 4.50. The van der Waals surface area contributed by atoms with Gasteiger partial charge >= 0.3 is 30.3 Å². The van der Waals surface area contributed by atoms with Crippen LogP contribution >= 0.6 is 23.2 Å². The number of aliphatic hydroxyl groups is 1. The molecule has 0 aromatic heterocycles. The van der Waals surface area contributed by atoms with E-state index < -0.39 is 97.2 Å². The largest absolute Gasteiger partial charge is 0.511 e. The maximum Gasteiger partial charge on any atom is 0.511 e. The van der Waals surface area contributed by atoms with Crippen LogP contribution in [0.4, 0.5) is 14.4 Å². The smallest absolute Gasteiger partial charge is 0.444 e. The molecule has 15 nitrogen and oxygen atoms in total. The highest BCUT2D eigenvalue weighted by Gasteiger charge is 2.81. The lowest BCUT2D eigenvalue weighted by molar-refractivity contribution is -0.176. The van der Waals surface area contributed by atoms with E-state index in [4.69, 9.17) is 61.1 Å². The summed E-state index contributed by atoms with van der Waals surface area (Å²) < 4.78 is 41.0. The van der Waals surface area contributed by atoms with Gasteiger partial charge in [0.1, 0.15) is 11.7 Å². The normalized spacial score (nSPS) is 24.6. The van der Waals surface area contributed by atoms with Crippen LogP contribution in [0.15, 0.2) is 18.2 Å². The van der Waals surface area contributed by atoms with Crippen molar-refractivity contribution in [1.29, 1.82) is 0 Å². The van der Waals surface area contributed by atoms with Crippen molar-refractivity contribution < 1.29 is 67.0 Å². The molecule has 2 aliphatic rings. The summed E-state index contributed by atoms with van der Waals surface area (Å²) in [5.74, 6) is -5.56. The molecule has 262 valence electrons. The zero-order valence-corrected chi connectivity index (χ0v) is 28.4. The number of aliphatic hydroxyl groups excluding tert-OH is 1. The number of nitrogens with one attached hydrogen (secondary N) is 1. The van der Waals surface area contributed by atoms with Crippen LogP contribution in [0, 0.1) is 17.8 Å². The molecule has 1 amide bonds. The average Bonchev–Trinajstić information content (AvgIpc) is 3.63. The second-order valence-corrected chi connectivity index (χ2v) is 13.2. The molecule has 2 N–H and O–H groups in total. The standard InChI is InChI=1S/C30H39Cl2NO14/c1-14(2)45-27(38)43-12-41-24(35)20-19-21(20)30(33-26(37)47-29(5,6)7,25(36)42-13-44-28(39)46-15(3)4)23(22(19)34)40-11-16-8-9-17(31)18(32)10-16/h8-10,14-15,19-23,34H,11-13H2,1-7H3,(H,33,37)/t19-,20-,21-,22-,23+,30+/m0/s1. The van der Waals surface area contributed by atoms with Gasteiger partial charge in [0.25, 0.3) is 0 Å². The maximum absolute atomic E-state index is 14.0. The molecule has 0 unspecified atom stereocenters. The van der Waals surface area contributed by atoms with Crippen molar-refractivity contribution in [2.24, 2.45) is 17.8 Å². The fraction of sp³-hybridized carbons (Fsp3) is 0.633. The van der Waals surface area contributed by atoms with Crippen molar-refractivity contribution in [2.75, 3.05) is 13.6 Å². The molecular formula is C30H39Cl2NO14. The molecule has 0 saturated heterocycles. The highest BCUT2D eigenvalue weighted by atomic mass is 35.5. The van der Waals surface area contributed by atoms with Gasteiger partial charge in [0.2, 0.25) is 13.6 Å². The quantitative estimate of drug-likeness (QED) is 0.175. The van der Waals surface area contributed by atoms with Gasteiger partial charge in [-0.15, -0.1) is 0 Å². The van der Waals surface area contributed by atoms with E-state index in [9.17, 15) is 29.1 Å². The highest BCUT2D eigenvalue weighted by molar-refractivity contribution is 6.42. The van der Waals surface area contributed by atoms with Gasteiger partial charge in [-0.25, -0.2) is 19.2 Å². The first kappa shape index (κ1) is 37.9. The number of carbonyl (C=O) groups is 5. The Morgan fingerprint density at radius 1 is 0.894 bits per heavy atom. The molecule has 2 saturated carbocycles. The number of fused-ring (bicyclic) bond motifs is 1. The summed E-state index contributed by atoms with van der Waals surface area (Å²) in [5, 5.41) is 14.4. The average molecular weight is 709 g/mol. The van der Waals surface area contributed by atoms with E-state index in [0.29, 0.717) is 5.56 Å². The first-order valence-corrected chi connectivity index (χ1v) is 15.4. The van der Waals surface area contributed by atoms with Crippen molar-refractivity contribution in [1.82, 2.24) is 5.32 Å². The molecule has 3 rings (SSSR count). The summed E-state index contributed by atoms with van der Waals surface area (Å²) in [5.41, 5.74) is -2.82. The molecule has 0 aliphatic heterocycles. The minimum absolute atomic E-state index is 0.216. The Bertz CT molecular complexity index is 1330. The third-order valence-electron chi connectivity index (χ3n) is 6.89. The first-order chi connectivity index (χ1) is 21.9. The number of halogens is 2. The van der Waals surface area contributed by atoms with Crippen LogP contribution in [0.5, 0.6) is 0 Å². The highest BCUT2D eigenvalue weighted by Crippen LogP contribution is 2.64. The fourth-order valence-corrected chi connectivity index (χ4v) is 5.54. The van der Waals surface area contributed by atoms with Gasteiger partial charge < -0.3 is 48.3 Å². The summed E-state index contributed by atoms with van der Waals surface area (Å²) in [4.78, 5) is 63.9. The van der Waals surface area contributed by atoms with E-state index in [-0.39, 0.29) is 16.7 Å². The third-order valence-corrected chi connectivity index (χ3v) is 7.63. The number of rotatable bonds is 12. The summed E-state index contributed by atoms with van der Waals surface area (Å²) in [6.07, 6.45) is -7.43. The van der Waals surface area contributed by atoms with Gasteiger partial charge in [-0.3, -0.25) is 4.79 Å². The zero-order chi connectivity index (χ0) is 35.3. The molecule has 0 radical (unpaired) electrons. The first-order valence-electron chi connectivity index (χ1n) is 14.6. The van der Waals surface area contributed by atoms with Gasteiger partial charge in [0.15, 0.2) is 5.54 Å². The molecule has 0 spiro atoms. The topological polar surface area (TPSA) is 191 Å². The number of esters is 2. The van der Waals surface area contributed by atoms with E-state index in [2.05, 4.69) is 5.32 Å². The van der Waals surface area contributed by atoms with Gasteiger partial charge in [-0.2, -0.15) is 0 Å². The molecule has 1 aromatic carbocycles. The lowest BCUT2D eigenvalue weighted by atomic mass is 9.86. The number of amides is 1. The van der Waals surface area contributed by atoms with Crippen LogP contribution in [-0.2, 0) is 54.1 Å². The fourth-order valence-electron chi connectivity index (χ4n) is 5.22. The summed E-state index contributed by atoms with van der Waals surface area (Å²) in [6.45, 7) is 9.08. The van der Waals surface area contributed by atoms with Crippen molar-refractivity contribution >= 4 is 53.5 Å². The second-order valence-electron chi connectivity index (χ2n) is 12.3. The molecule has 17 heteroatoms. The number of hydrogen-bond acceptors (Lipinski definition) is 14. The maximum atomic E-state index is 14.0. The summed E-state index contributed by atoms with van der Waals surface area (Å²) in [6, 6.07) is 4.62. The SMILES string of the molecule is CC(C)OC(=O)OCOC(=O)[C@H]1[C@@H]2[C@H](O)[C@@H](OCc3ccc(Cl)c(Cl)c3)[C@@](NC(=O)OC(C)(C)C)(C(=O)OCOC(=O)OC(C)C)[C@H]12. The molecule has 2 fully saturated rings. The minimum atomic E-state index is -2.28. The Morgan fingerprint density at radius 3 is 2.00 bits per heavy atom. The van der Waals surface area contributed by atoms with Crippen LogP contribution in [0.2, 0.25) is 10.0 Å². The number of hydrogen-bond donors (Lipinski definition) is 2. The van der Waals surface area contributed by atoms with Gasteiger partial charge in [0, 0.05) is 11.8 Å². The lowest BCUT2D eigenvalue weighted by Gasteiger charge is -2.38. The Balaban J connectivity index is 1.93. The second kappa shape index (κ2) is 15.6. The number of benzene rings is 1. The van der Waals surface area contributed by atoms with E-state index in [0.717, 1.165) is 0 Å². The number of carbonyl (C=O) groups excluding carboxylic acids is 5. The Labute approximate surface area is 281 Å². The van der Waals surface area contributed by atoms with Crippen LogP contribution in [0.3, 0.4) is 0 Å². The molecule has 1 aromatic rings. The minimum Gasteiger partial charge on any atom is -0.444 e. The van der Waals surface area contributed by atoms with E-state index in [1.165, 1.54) is 12.1 Å². The van der Waals surface area contributed by atoms with Gasteiger partial charge in [-0.1, -0.05) is 29.3 Å². The number of alkyl carbamates (subject to hydrolysis) is 1. The Morgan fingerprint density at radius 2 is 1.47 bits per heavy atom. The summed E-state index contributed by atoms with van der Waals surface area (Å²) >= 11 is 12.1. The Hall–Kier alpha value is -3.53. The van der Waals surface area contributed by atoms with E-state index >= 15 is 0 Å². The van der Waals surface area contributed by atoms with Crippen LogP contribution < -0.4 is 5.32 Å². The molecule has 6 atom stereocenters. The molecule has 0 bridgehead atoms. The lowest BCUT2D eigenvalue weighted by Crippen LogP contribution is -2.66. The van der Waals surface area contributed by atoms with Crippen LogP contribution in [0.1, 0.15) is 54.0 Å². The van der Waals surface area contributed by atoms with Crippen molar-refractivity contribution in [2.45, 2.75) is 90.6 Å². The van der Waals surface area contributed by atoms with Crippen LogP contribution in [-0.4, -0.2) is 84.6 Å². The summed E-state index contributed by atoms with van der Waals surface area (Å²) in [7, 11) is 0. The van der Waals surface area contributed by atoms with Gasteiger partial charge in [-0.05, 0) is 66.2 Å². The molecule has 0 heterocycles.